The van der Waals surface area contributed by atoms with E-state index in [1.165, 1.54) is 0 Å². The first kappa shape index (κ1) is 21.2. The standard InChI is InChI=1S/C22H25N3O5/c1-22(12-15-8-4-6-10-17(15)29-2)20(27)25(21(28)24-22)14-19(26)23-13-16-9-5-7-11-18(16)30-3/h4-11H,12-14H2,1-3H3,(H,23,26)(H,24,28)/t22-/m1/s1. The largest absolute Gasteiger partial charge is 0.496 e. The third-order valence-electron chi connectivity index (χ3n) is 5.05. The molecule has 1 heterocycles. The van der Waals surface area contributed by atoms with E-state index in [-0.39, 0.29) is 19.5 Å². The SMILES string of the molecule is COc1ccccc1CNC(=O)CN1C(=O)N[C@](C)(Cc2ccccc2OC)C1=O. The Labute approximate surface area is 175 Å². The van der Waals surface area contributed by atoms with E-state index in [9.17, 15) is 14.4 Å². The number of hydrogen-bond donors (Lipinski definition) is 2. The van der Waals surface area contributed by atoms with E-state index in [4.69, 9.17) is 9.47 Å². The summed E-state index contributed by atoms with van der Waals surface area (Å²) in [6.07, 6.45) is 0.251. The smallest absolute Gasteiger partial charge is 0.325 e. The van der Waals surface area contributed by atoms with E-state index < -0.39 is 23.4 Å². The summed E-state index contributed by atoms with van der Waals surface area (Å²) < 4.78 is 10.6. The van der Waals surface area contributed by atoms with Crippen molar-refractivity contribution in [2.75, 3.05) is 20.8 Å². The lowest BCUT2D eigenvalue weighted by molar-refractivity contribution is -0.134. The summed E-state index contributed by atoms with van der Waals surface area (Å²) in [6.45, 7) is 1.51. The van der Waals surface area contributed by atoms with Crippen molar-refractivity contribution >= 4 is 17.8 Å². The molecule has 1 aliphatic heterocycles. The van der Waals surface area contributed by atoms with E-state index in [0.29, 0.717) is 11.5 Å². The molecule has 0 radical (unpaired) electrons. The number of carbonyl (C=O) groups excluding carboxylic acids is 3. The van der Waals surface area contributed by atoms with E-state index in [1.807, 2.05) is 36.4 Å². The molecule has 0 spiro atoms. The first-order valence-electron chi connectivity index (χ1n) is 9.52. The van der Waals surface area contributed by atoms with Crippen molar-refractivity contribution < 1.29 is 23.9 Å². The zero-order valence-electron chi connectivity index (χ0n) is 17.2. The number of urea groups is 1. The van der Waals surface area contributed by atoms with Gasteiger partial charge in [-0.05, 0) is 24.6 Å². The van der Waals surface area contributed by atoms with Gasteiger partial charge in [-0.1, -0.05) is 36.4 Å². The van der Waals surface area contributed by atoms with E-state index in [0.717, 1.165) is 16.0 Å². The lowest BCUT2D eigenvalue weighted by atomic mass is 9.92. The van der Waals surface area contributed by atoms with E-state index >= 15 is 0 Å². The quantitative estimate of drug-likeness (QED) is 0.647. The molecule has 158 valence electrons. The molecule has 0 aliphatic carbocycles. The first-order valence-corrected chi connectivity index (χ1v) is 9.52. The van der Waals surface area contributed by atoms with Crippen molar-refractivity contribution in [3.8, 4) is 11.5 Å². The van der Waals surface area contributed by atoms with Gasteiger partial charge in [-0.15, -0.1) is 0 Å². The lowest BCUT2D eigenvalue weighted by Gasteiger charge is -2.22. The molecule has 1 aliphatic rings. The number of nitrogens with zero attached hydrogens (tertiary/aromatic N) is 1. The topological polar surface area (TPSA) is 97.0 Å². The minimum atomic E-state index is -1.16. The van der Waals surface area contributed by atoms with Crippen LogP contribution in [0.1, 0.15) is 18.1 Å². The van der Waals surface area contributed by atoms with Crippen molar-refractivity contribution in [3.05, 3.63) is 59.7 Å². The highest BCUT2D eigenvalue weighted by atomic mass is 16.5. The molecular weight excluding hydrogens is 386 g/mol. The van der Waals surface area contributed by atoms with Crippen LogP contribution >= 0.6 is 0 Å². The second kappa shape index (κ2) is 8.86. The number of carbonyl (C=O) groups is 3. The molecule has 2 aromatic carbocycles. The fraction of sp³-hybridized carbons (Fsp3) is 0.318. The van der Waals surface area contributed by atoms with Gasteiger partial charge in [0.05, 0.1) is 14.2 Å². The van der Waals surface area contributed by atoms with E-state index in [2.05, 4.69) is 10.6 Å². The molecule has 0 bridgehead atoms. The van der Waals surface area contributed by atoms with Crippen molar-refractivity contribution in [2.24, 2.45) is 0 Å². The van der Waals surface area contributed by atoms with Crippen LogP contribution in [0.3, 0.4) is 0 Å². The Morgan fingerprint density at radius 1 is 1.00 bits per heavy atom. The maximum atomic E-state index is 13.0. The van der Waals surface area contributed by atoms with E-state index in [1.54, 1.807) is 33.3 Å². The second-order valence-corrected chi connectivity index (χ2v) is 7.23. The van der Waals surface area contributed by atoms with Gasteiger partial charge in [0, 0.05) is 18.5 Å². The Morgan fingerprint density at radius 3 is 2.20 bits per heavy atom. The number of rotatable bonds is 8. The van der Waals surface area contributed by atoms with Gasteiger partial charge in [0.15, 0.2) is 0 Å². The number of amides is 4. The predicted octanol–water partition coefficient (Wildman–Crippen LogP) is 1.87. The number of nitrogens with one attached hydrogen (secondary N) is 2. The number of benzene rings is 2. The Hall–Kier alpha value is -3.55. The zero-order chi connectivity index (χ0) is 21.7. The fourth-order valence-corrected chi connectivity index (χ4v) is 3.48. The average molecular weight is 411 g/mol. The summed E-state index contributed by atoms with van der Waals surface area (Å²) in [4.78, 5) is 38.7. The fourth-order valence-electron chi connectivity index (χ4n) is 3.48. The third kappa shape index (κ3) is 4.37. The molecule has 1 saturated heterocycles. The van der Waals surface area contributed by atoms with Crippen LogP contribution in [-0.4, -0.2) is 49.0 Å². The maximum absolute atomic E-state index is 13.0. The summed E-state index contributed by atoms with van der Waals surface area (Å²) >= 11 is 0. The molecule has 4 amide bonds. The van der Waals surface area contributed by atoms with Gasteiger partial charge >= 0.3 is 6.03 Å². The summed E-state index contributed by atoms with van der Waals surface area (Å²) in [6, 6.07) is 14.0. The minimum Gasteiger partial charge on any atom is -0.496 e. The number of ether oxygens (including phenoxy) is 2. The van der Waals surface area contributed by atoms with Gasteiger partial charge in [-0.2, -0.15) is 0 Å². The van der Waals surface area contributed by atoms with Crippen LogP contribution in [0.2, 0.25) is 0 Å². The first-order chi connectivity index (χ1) is 14.4. The normalized spacial score (nSPS) is 18.2. The number of methoxy groups -OCH3 is 2. The van der Waals surface area contributed by atoms with Gasteiger partial charge in [-0.25, -0.2) is 4.79 Å². The summed E-state index contributed by atoms with van der Waals surface area (Å²) in [5, 5.41) is 5.43. The molecule has 3 rings (SSSR count). The van der Waals surface area contributed by atoms with Crippen molar-refractivity contribution in [3.63, 3.8) is 0 Å². The Kier molecular flexibility index (Phi) is 6.25. The van der Waals surface area contributed by atoms with Crippen LogP contribution in [0.5, 0.6) is 11.5 Å². The Bertz CT molecular complexity index is 961. The van der Waals surface area contributed by atoms with Crippen molar-refractivity contribution in [2.45, 2.75) is 25.4 Å². The average Bonchev–Trinajstić information content (AvgIpc) is 2.95. The molecule has 2 aromatic rings. The van der Waals surface area contributed by atoms with Crippen LogP contribution < -0.4 is 20.1 Å². The third-order valence-corrected chi connectivity index (χ3v) is 5.05. The number of para-hydroxylation sites is 2. The zero-order valence-corrected chi connectivity index (χ0v) is 17.2. The Morgan fingerprint density at radius 2 is 1.57 bits per heavy atom. The summed E-state index contributed by atoms with van der Waals surface area (Å²) in [5.74, 6) is 0.391. The molecule has 0 aromatic heterocycles. The van der Waals surface area contributed by atoms with Crippen LogP contribution in [-0.2, 0) is 22.6 Å². The molecule has 0 saturated carbocycles. The lowest BCUT2D eigenvalue weighted by Crippen LogP contribution is -2.46. The molecule has 8 nitrogen and oxygen atoms in total. The molecule has 0 unspecified atom stereocenters. The van der Waals surface area contributed by atoms with Gasteiger partial charge in [-0.3, -0.25) is 14.5 Å². The van der Waals surface area contributed by atoms with Crippen molar-refractivity contribution in [1.82, 2.24) is 15.5 Å². The van der Waals surface area contributed by atoms with Gasteiger partial charge < -0.3 is 20.1 Å². The van der Waals surface area contributed by atoms with Crippen LogP contribution in [0, 0.1) is 0 Å². The molecule has 2 N–H and O–H groups in total. The summed E-state index contributed by atoms with van der Waals surface area (Å²) in [5.41, 5.74) is 0.430. The van der Waals surface area contributed by atoms with Crippen LogP contribution in [0.4, 0.5) is 4.79 Å². The van der Waals surface area contributed by atoms with Gasteiger partial charge in [0.25, 0.3) is 5.91 Å². The molecule has 1 fully saturated rings. The Balaban J connectivity index is 1.65. The second-order valence-electron chi connectivity index (χ2n) is 7.23. The monoisotopic (exact) mass is 411 g/mol. The maximum Gasteiger partial charge on any atom is 0.325 e. The molecular formula is C22H25N3O5. The highest BCUT2D eigenvalue weighted by Crippen LogP contribution is 2.27. The van der Waals surface area contributed by atoms with Crippen LogP contribution in [0.25, 0.3) is 0 Å². The minimum absolute atomic E-state index is 0.227. The molecule has 8 heteroatoms. The highest BCUT2D eigenvalue weighted by Gasteiger charge is 2.48. The predicted molar refractivity (Wildman–Crippen MR) is 110 cm³/mol. The molecule has 30 heavy (non-hydrogen) atoms. The number of imide groups is 1. The number of hydrogen-bond acceptors (Lipinski definition) is 5. The van der Waals surface area contributed by atoms with Gasteiger partial charge in [0.1, 0.15) is 23.6 Å². The van der Waals surface area contributed by atoms with Crippen molar-refractivity contribution in [1.29, 1.82) is 0 Å². The highest BCUT2D eigenvalue weighted by molar-refractivity contribution is 6.09. The van der Waals surface area contributed by atoms with Crippen LogP contribution in [0.15, 0.2) is 48.5 Å². The van der Waals surface area contributed by atoms with Gasteiger partial charge in [0.2, 0.25) is 5.91 Å². The summed E-state index contributed by atoms with van der Waals surface area (Å²) in [7, 11) is 3.10. The molecule has 1 atom stereocenters.